The van der Waals surface area contributed by atoms with Crippen molar-refractivity contribution in [1.29, 1.82) is 0 Å². The van der Waals surface area contributed by atoms with Crippen LogP contribution in [0.4, 0.5) is 0 Å². The van der Waals surface area contributed by atoms with Gasteiger partial charge in [0.2, 0.25) is 11.8 Å². The van der Waals surface area contributed by atoms with Crippen LogP contribution in [0.25, 0.3) is 0 Å². The van der Waals surface area contributed by atoms with E-state index in [1.54, 1.807) is 0 Å². The summed E-state index contributed by atoms with van der Waals surface area (Å²) >= 11 is 1.28. The smallest absolute Gasteiger partial charge is 0.277 e. The van der Waals surface area contributed by atoms with Crippen molar-refractivity contribution in [2.24, 2.45) is 0 Å². The zero-order valence-corrected chi connectivity index (χ0v) is 13.8. The van der Waals surface area contributed by atoms with Gasteiger partial charge in [0, 0.05) is 6.04 Å². The van der Waals surface area contributed by atoms with E-state index >= 15 is 0 Å². The molecule has 0 saturated heterocycles. The molecule has 0 radical (unpaired) electrons. The Balaban J connectivity index is 2.66. The Morgan fingerprint density at radius 1 is 1.35 bits per heavy atom. The maximum Gasteiger partial charge on any atom is 0.277 e. The zero-order chi connectivity index (χ0) is 15.3. The molecule has 0 aliphatic heterocycles. The van der Waals surface area contributed by atoms with E-state index in [0.717, 1.165) is 6.42 Å². The second-order valence-electron chi connectivity index (χ2n) is 5.22. The largest absolute Gasteiger partial charge is 0.414 e. The molecule has 6 nitrogen and oxygen atoms in total. The highest BCUT2D eigenvalue weighted by atomic mass is 32.2. The quantitative estimate of drug-likeness (QED) is 0.777. The Bertz CT molecular complexity index is 434. The lowest BCUT2D eigenvalue weighted by molar-refractivity contribution is -0.120. The molecule has 114 valence electrons. The maximum atomic E-state index is 11.8. The number of carbonyl (C=O) groups excluding carboxylic acids is 1. The van der Waals surface area contributed by atoms with Gasteiger partial charge in [-0.25, -0.2) is 0 Å². The summed E-state index contributed by atoms with van der Waals surface area (Å²) in [6, 6.07) is 0.235. The molecule has 1 aromatic rings. The first kappa shape index (κ1) is 17.0. The van der Waals surface area contributed by atoms with Crippen LogP contribution < -0.4 is 5.32 Å². The molecule has 1 rings (SSSR count). The molecule has 0 unspecified atom stereocenters. The standard InChI is InChI=1S/C13H24N4O2S/c1-7-10(17(5)6)12-15-16-13(19-12)20-9(4)11(18)14-8(2)3/h8-10H,7H2,1-6H3,(H,14,18)/t9-,10+/m0/s1. The fourth-order valence-electron chi connectivity index (χ4n) is 1.77. The van der Waals surface area contributed by atoms with E-state index < -0.39 is 0 Å². The molecular formula is C13H24N4O2S. The van der Waals surface area contributed by atoms with Gasteiger partial charge in [0.05, 0.1) is 11.3 Å². The van der Waals surface area contributed by atoms with Crippen molar-refractivity contribution < 1.29 is 9.21 Å². The van der Waals surface area contributed by atoms with Gasteiger partial charge in [-0.1, -0.05) is 18.7 Å². The van der Waals surface area contributed by atoms with E-state index in [4.69, 9.17) is 4.42 Å². The highest BCUT2D eigenvalue weighted by Gasteiger charge is 2.22. The number of rotatable bonds is 7. The minimum atomic E-state index is -0.259. The van der Waals surface area contributed by atoms with Crippen LogP contribution in [0.5, 0.6) is 0 Å². The third kappa shape index (κ3) is 4.79. The predicted octanol–water partition coefficient (Wildman–Crippen LogP) is 2.09. The van der Waals surface area contributed by atoms with Gasteiger partial charge in [-0.3, -0.25) is 9.69 Å². The molecule has 0 fully saturated rings. The number of hydrogen-bond acceptors (Lipinski definition) is 6. The SMILES string of the molecule is CC[C@H](c1nnc(S[C@@H](C)C(=O)NC(C)C)o1)N(C)C. The maximum absolute atomic E-state index is 11.8. The van der Waals surface area contributed by atoms with E-state index in [9.17, 15) is 4.79 Å². The summed E-state index contributed by atoms with van der Waals surface area (Å²) < 4.78 is 5.64. The molecule has 0 saturated carbocycles. The second kappa shape index (κ2) is 7.64. The van der Waals surface area contributed by atoms with Gasteiger partial charge in [-0.05, 0) is 41.3 Å². The van der Waals surface area contributed by atoms with Crippen molar-refractivity contribution >= 4 is 17.7 Å². The van der Waals surface area contributed by atoms with Crippen LogP contribution in [-0.2, 0) is 4.79 Å². The van der Waals surface area contributed by atoms with Crippen molar-refractivity contribution in [3.63, 3.8) is 0 Å². The van der Waals surface area contributed by atoms with E-state index in [-0.39, 0.29) is 23.2 Å². The first-order chi connectivity index (χ1) is 9.35. The van der Waals surface area contributed by atoms with Gasteiger partial charge in [0.15, 0.2) is 0 Å². The predicted molar refractivity (Wildman–Crippen MR) is 79.6 cm³/mol. The van der Waals surface area contributed by atoms with E-state index in [0.29, 0.717) is 11.1 Å². The molecule has 1 heterocycles. The summed E-state index contributed by atoms with van der Waals surface area (Å²) in [6.07, 6.45) is 0.892. The Morgan fingerprint density at radius 3 is 2.50 bits per heavy atom. The van der Waals surface area contributed by atoms with Gasteiger partial charge < -0.3 is 9.73 Å². The molecular weight excluding hydrogens is 276 g/mol. The van der Waals surface area contributed by atoms with Crippen LogP contribution in [0.3, 0.4) is 0 Å². The molecule has 7 heteroatoms. The fourth-order valence-corrected chi connectivity index (χ4v) is 2.47. The fraction of sp³-hybridized carbons (Fsp3) is 0.769. The second-order valence-corrected chi connectivity index (χ2v) is 6.51. The Hall–Kier alpha value is -1.08. The molecule has 0 aliphatic rings. The third-order valence-corrected chi connectivity index (χ3v) is 3.73. The minimum Gasteiger partial charge on any atom is -0.414 e. The molecule has 0 spiro atoms. The Morgan fingerprint density at radius 2 is 2.00 bits per heavy atom. The number of thioether (sulfide) groups is 1. The summed E-state index contributed by atoms with van der Waals surface area (Å²) in [5.41, 5.74) is 0. The van der Waals surface area contributed by atoms with Crippen molar-refractivity contribution in [1.82, 2.24) is 20.4 Å². The highest BCUT2D eigenvalue weighted by Crippen LogP contribution is 2.26. The topological polar surface area (TPSA) is 71.3 Å². The zero-order valence-electron chi connectivity index (χ0n) is 13.0. The summed E-state index contributed by atoms with van der Waals surface area (Å²) in [7, 11) is 3.95. The van der Waals surface area contributed by atoms with Crippen LogP contribution in [0.2, 0.25) is 0 Å². The Kier molecular flexibility index (Phi) is 6.48. The number of nitrogens with zero attached hydrogens (tertiary/aromatic N) is 3. The first-order valence-electron chi connectivity index (χ1n) is 6.82. The number of amides is 1. The van der Waals surface area contributed by atoms with Gasteiger partial charge in [0.25, 0.3) is 5.22 Å². The van der Waals surface area contributed by atoms with E-state index in [2.05, 4.69) is 22.4 Å². The van der Waals surface area contributed by atoms with Crippen molar-refractivity contribution in [2.45, 2.75) is 56.7 Å². The molecule has 0 bridgehead atoms. The molecule has 2 atom stereocenters. The summed E-state index contributed by atoms with van der Waals surface area (Å²) in [4.78, 5) is 13.9. The lowest BCUT2D eigenvalue weighted by atomic mass is 10.2. The molecule has 1 amide bonds. The lowest BCUT2D eigenvalue weighted by Crippen LogP contribution is -2.35. The van der Waals surface area contributed by atoms with Crippen LogP contribution in [-0.4, -0.2) is 46.4 Å². The molecule has 0 aromatic carbocycles. The lowest BCUT2D eigenvalue weighted by Gasteiger charge is -2.18. The van der Waals surface area contributed by atoms with Crippen molar-refractivity contribution in [3.8, 4) is 0 Å². The Labute approximate surface area is 124 Å². The molecule has 20 heavy (non-hydrogen) atoms. The average molecular weight is 300 g/mol. The monoisotopic (exact) mass is 300 g/mol. The summed E-state index contributed by atoms with van der Waals surface area (Å²) in [6.45, 7) is 7.77. The van der Waals surface area contributed by atoms with E-state index in [1.807, 2.05) is 39.8 Å². The number of carbonyl (C=O) groups is 1. The van der Waals surface area contributed by atoms with Gasteiger partial charge in [-0.2, -0.15) is 0 Å². The molecule has 1 N–H and O–H groups in total. The number of aromatic nitrogens is 2. The van der Waals surface area contributed by atoms with Crippen LogP contribution in [0, 0.1) is 0 Å². The third-order valence-electron chi connectivity index (χ3n) is 2.79. The summed E-state index contributed by atoms with van der Waals surface area (Å²) in [5.74, 6) is 0.570. The van der Waals surface area contributed by atoms with Gasteiger partial charge in [-0.15, -0.1) is 10.2 Å². The number of hydrogen-bond donors (Lipinski definition) is 1. The van der Waals surface area contributed by atoms with E-state index in [1.165, 1.54) is 11.8 Å². The first-order valence-corrected chi connectivity index (χ1v) is 7.70. The van der Waals surface area contributed by atoms with Crippen LogP contribution >= 0.6 is 11.8 Å². The summed E-state index contributed by atoms with van der Waals surface area (Å²) in [5, 5.41) is 11.1. The number of nitrogens with one attached hydrogen (secondary N) is 1. The normalized spacial score (nSPS) is 14.6. The average Bonchev–Trinajstić information content (AvgIpc) is 2.76. The highest BCUT2D eigenvalue weighted by molar-refractivity contribution is 8.00. The minimum absolute atomic E-state index is 0.0237. The van der Waals surface area contributed by atoms with Crippen LogP contribution in [0.15, 0.2) is 9.64 Å². The van der Waals surface area contributed by atoms with Gasteiger partial charge in [0.1, 0.15) is 0 Å². The van der Waals surface area contributed by atoms with Crippen molar-refractivity contribution in [2.75, 3.05) is 14.1 Å². The molecule has 1 aromatic heterocycles. The van der Waals surface area contributed by atoms with Gasteiger partial charge >= 0.3 is 0 Å². The van der Waals surface area contributed by atoms with Crippen LogP contribution in [0.1, 0.15) is 46.0 Å². The van der Waals surface area contributed by atoms with Crippen molar-refractivity contribution in [3.05, 3.63) is 5.89 Å². The molecule has 0 aliphatic carbocycles.